The molecule has 0 aromatic heterocycles. The molecule has 0 rings (SSSR count). The number of aliphatic hydroxyl groups excluding tert-OH is 1. The summed E-state index contributed by atoms with van der Waals surface area (Å²) in [5.41, 5.74) is 0. The lowest BCUT2D eigenvalue weighted by Gasteiger charge is -2.25. The molecule has 3 unspecified atom stereocenters. The number of carbonyl (C=O) groups is 1. The van der Waals surface area contributed by atoms with Crippen molar-refractivity contribution in [2.45, 2.75) is 321 Å². The van der Waals surface area contributed by atoms with Crippen molar-refractivity contribution in [1.82, 2.24) is 5.32 Å². The molecule has 0 aromatic carbocycles. The number of phosphoric ester groups is 1. The van der Waals surface area contributed by atoms with Gasteiger partial charge >= 0.3 is 7.82 Å². The van der Waals surface area contributed by atoms with E-state index < -0.39 is 20.0 Å². The molecule has 0 radical (unpaired) electrons. The van der Waals surface area contributed by atoms with Crippen LogP contribution in [0.3, 0.4) is 0 Å². The monoisotopic (exact) mass is 1240 g/mol. The maximum absolute atomic E-state index is 13.1. The lowest BCUT2D eigenvalue weighted by Crippen LogP contribution is -2.45. The van der Waals surface area contributed by atoms with E-state index in [1.54, 1.807) is 6.08 Å². The minimum absolute atomic E-state index is 0.0514. The summed E-state index contributed by atoms with van der Waals surface area (Å²) in [6.07, 6.45) is 103. The summed E-state index contributed by atoms with van der Waals surface area (Å²) in [5, 5.41) is 14.0. The van der Waals surface area contributed by atoms with Crippen LogP contribution >= 0.6 is 7.82 Å². The highest BCUT2D eigenvalue weighted by Gasteiger charge is 2.28. The van der Waals surface area contributed by atoms with Gasteiger partial charge in [0.2, 0.25) is 5.91 Å². The Kier molecular flexibility index (Phi) is 65.4. The molecule has 0 bridgehead atoms. The van der Waals surface area contributed by atoms with Gasteiger partial charge in [0.05, 0.1) is 39.9 Å². The van der Waals surface area contributed by atoms with Crippen LogP contribution in [0, 0.1) is 0 Å². The largest absolute Gasteiger partial charge is 0.472 e. The first-order valence-electron chi connectivity index (χ1n) is 36.6. The third kappa shape index (κ3) is 70.1. The second-order valence-electron chi connectivity index (χ2n) is 25.6. The lowest BCUT2D eigenvalue weighted by molar-refractivity contribution is -0.870. The topological polar surface area (TPSA) is 105 Å². The zero-order valence-electron chi connectivity index (χ0n) is 57.9. The quantitative estimate of drug-likeness (QED) is 0.0243. The third-order valence-corrected chi connectivity index (χ3v) is 16.8. The molecule has 0 aliphatic carbocycles. The van der Waals surface area contributed by atoms with Gasteiger partial charge in [-0.3, -0.25) is 13.8 Å². The van der Waals surface area contributed by atoms with E-state index in [1.165, 1.54) is 193 Å². The van der Waals surface area contributed by atoms with E-state index in [4.69, 9.17) is 9.05 Å². The number of amides is 1. The Morgan fingerprint density at radius 3 is 1.05 bits per heavy atom. The molecule has 0 aliphatic heterocycles. The number of hydrogen-bond acceptors (Lipinski definition) is 5. The third-order valence-electron chi connectivity index (χ3n) is 15.9. The van der Waals surface area contributed by atoms with Gasteiger partial charge in [0, 0.05) is 6.42 Å². The number of aliphatic hydroxyl groups is 1. The van der Waals surface area contributed by atoms with Crippen LogP contribution in [0.2, 0.25) is 0 Å². The van der Waals surface area contributed by atoms with E-state index in [2.05, 4.69) is 141 Å². The summed E-state index contributed by atoms with van der Waals surface area (Å²) in [6, 6.07) is -0.873. The highest BCUT2D eigenvalue weighted by Crippen LogP contribution is 2.43. The number of allylic oxidation sites excluding steroid dienone is 21. The number of quaternary nitrogens is 1. The average Bonchev–Trinajstić information content (AvgIpc) is 3.71. The molecular weight excluding hydrogens is 1100 g/mol. The van der Waals surface area contributed by atoms with Crippen molar-refractivity contribution in [3.63, 3.8) is 0 Å². The Hall–Kier alpha value is -3.36. The molecule has 0 spiro atoms. The fourth-order valence-corrected chi connectivity index (χ4v) is 11.0. The van der Waals surface area contributed by atoms with Gasteiger partial charge in [-0.1, -0.05) is 334 Å². The Labute approximate surface area is 545 Å². The molecule has 9 heteroatoms. The minimum atomic E-state index is -4.37. The average molecular weight is 1240 g/mol. The van der Waals surface area contributed by atoms with Gasteiger partial charge in [-0.05, 0) is 103 Å². The van der Waals surface area contributed by atoms with E-state index in [-0.39, 0.29) is 19.1 Å². The zero-order chi connectivity index (χ0) is 64.1. The molecule has 1 amide bonds. The van der Waals surface area contributed by atoms with Crippen molar-refractivity contribution in [3.05, 3.63) is 134 Å². The summed E-state index contributed by atoms with van der Waals surface area (Å²) in [4.78, 5) is 23.4. The van der Waals surface area contributed by atoms with Gasteiger partial charge < -0.3 is 19.8 Å². The molecule has 0 aromatic rings. The molecule has 3 N–H and O–H groups in total. The van der Waals surface area contributed by atoms with Crippen molar-refractivity contribution in [1.29, 1.82) is 0 Å². The number of likely N-dealkylation sites (N-methyl/N-ethyl adjacent to an activating group) is 1. The van der Waals surface area contributed by atoms with Gasteiger partial charge in [0.25, 0.3) is 0 Å². The number of hydrogen-bond donors (Lipinski definition) is 3. The number of nitrogens with zero attached hydrogens (tertiary/aromatic N) is 1. The molecule has 88 heavy (non-hydrogen) atoms. The van der Waals surface area contributed by atoms with Crippen LogP contribution in [0.4, 0.5) is 0 Å². The second-order valence-corrected chi connectivity index (χ2v) is 27.0. The van der Waals surface area contributed by atoms with Crippen LogP contribution in [-0.2, 0) is 18.4 Å². The Morgan fingerprint density at radius 1 is 0.398 bits per heavy atom. The first kappa shape index (κ1) is 84.6. The van der Waals surface area contributed by atoms with E-state index in [1.807, 2.05) is 27.2 Å². The molecule has 0 aliphatic rings. The van der Waals surface area contributed by atoms with E-state index >= 15 is 0 Å². The maximum atomic E-state index is 13.1. The molecule has 8 nitrogen and oxygen atoms in total. The fourth-order valence-electron chi connectivity index (χ4n) is 10.2. The van der Waals surface area contributed by atoms with Crippen LogP contribution in [0.25, 0.3) is 0 Å². The fraction of sp³-hybridized carbons (Fsp3) is 0.709. The number of nitrogens with one attached hydrogen (secondary N) is 1. The number of carbonyl (C=O) groups excluding carboxylic acids is 1. The van der Waals surface area contributed by atoms with Crippen molar-refractivity contribution in [2.75, 3.05) is 40.9 Å². The van der Waals surface area contributed by atoms with Gasteiger partial charge in [-0.15, -0.1) is 0 Å². The van der Waals surface area contributed by atoms with Crippen LogP contribution < -0.4 is 5.32 Å². The number of rotatable bonds is 66. The normalized spacial score (nSPS) is 14.4. The first-order chi connectivity index (χ1) is 43.0. The molecule has 3 atom stereocenters. The highest BCUT2D eigenvalue weighted by atomic mass is 31.2. The van der Waals surface area contributed by atoms with Crippen LogP contribution in [0.15, 0.2) is 134 Å². The van der Waals surface area contributed by atoms with E-state index in [0.717, 1.165) is 96.3 Å². The van der Waals surface area contributed by atoms with Crippen LogP contribution in [0.5, 0.6) is 0 Å². The Bertz CT molecular complexity index is 1900. The van der Waals surface area contributed by atoms with Crippen molar-refractivity contribution in [2.24, 2.45) is 0 Å². The van der Waals surface area contributed by atoms with Crippen molar-refractivity contribution in [3.8, 4) is 0 Å². The van der Waals surface area contributed by atoms with Gasteiger partial charge in [-0.2, -0.15) is 0 Å². The number of phosphoric acid groups is 1. The molecule has 0 heterocycles. The van der Waals surface area contributed by atoms with Gasteiger partial charge in [0.1, 0.15) is 13.2 Å². The molecular formula is C79H140N2O6P+. The SMILES string of the molecule is CC/C=C\C/C=C\C/C=C\C/C=C\C/C=C\C/C=C\C/C=C\C/C=C\C/C=C\CCCCCCCCCCCCCCCC(=O)NC(COP(=O)(O)OCC[N+](C)(C)C)C(O)/C=C/CC/C=C/CCCCCCCCCCCCCCCCCCCCC. The highest BCUT2D eigenvalue weighted by molar-refractivity contribution is 7.47. The van der Waals surface area contributed by atoms with Gasteiger partial charge in [0.15, 0.2) is 0 Å². The predicted molar refractivity (Wildman–Crippen MR) is 387 cm³/mol. The van der Waals surface area contributed by atoms with E-state index in [9.17, 15) is 19.4 Å². The summed E-state index contributed by atoms with van der Waals surface area (Å²) >= 11 is 0. The standard InChI is InChI=1S/C79H139N2O6P/c1-6-8-10-12-14-16-18-20-22-24-26-28-30-32-33-34-35-36-37-38-39-40-41-42-43-44-45-46-47-49-51-53-55-57-59-61-63-65-67-69-71-73-79(83)80-77(76-87-88(84,85)86-75-74-81(3,4)5)78(82)72-70-68-66-64-62-60-58-56-54-52-50-48-31-29-27-25-23-21-19-17-15-13-11-9-7-2/h8,10,14,16,20,22,26,28,32-33,35-36,38-39,41-42,44-45,62,64,70,72,77-78,82H,6-7,9,11-13,15,17-19,21,23-25,27,29-31,34,37,40,43,46-61,63,65-69,71,73-76H2,1-5H3,(H-,80,83,84,85)/p+1/b10-8-,16-14-,22-20-,28-26-,33-32-,36-35-,39-38-,42-41-,45-44-,64-62+,72-70+. The second kappa shape index (κ2) is 68.0. The van der Waals surface area contributed by atoms with E-state index in [0.29, 0.717) is 17.4 Å². The molecule has 0 fully saturated rings. The summed E-state index contributed by atoms with van der Waals surface area (Å²) in [7, 11) is 1.55. The van der Waals surface area contributed by atoms with Crippen LogP contribution in [-0.4, -0.2) is 73.4 Å². The smallest absolute Gasteiger partial charge is 0.387 e. The van der Waals surface area contributed by atoms with Crippen LogP contribution in [0.1, 0.15) is 309 Å². The Balaban J connectivity index is 4.10. The minimum Gasteiger partial charge on any atom is -0.387 e. The first-order valence-corrected chi connectivity index (χ1v) is 38.1. The van der Waals surface area contributed by atoms with Crippen molar-refractivity contribution < 1.29 is 32.9 Å². The molecule has 0 saturated carbocycles. The maximum Gasteiger partial charge on any atom is 0.472 e. The van der Waals surface area contributed by atoms with Crippen molar-refractivity contribution >= 4 is 13.7 Å². The Morgan fingerprint density at radius 2 is 0.693 bits per heavy atom. The lowest BCUT2D eigenvalue weighted by atomic mass is 10.0. The predicted octanol–water partition coefficient (Wildman–Crippen LogP) is 23.8. The summed E-state index contributed by atoms with van der Waals surface area (Å²) in [6.45, 7) is 4.70. The zero-order valence-corrected chi connectivity index (χ0v) is 58.8. The summed E-state index contributed by atoms with van der Waals surface area (Å²) < 4.78 is 23.8. The number of unbranched alkanes of at least 4 members (excludes halogenated alkanes) is 33. The molecule has 0 saturated heterocycles. The molecule has 506 valence electrons. The van der Waals surface area contributed by atoms with Gasteiger partial charge in [-0.25, -0.2) is 4.57 Å². The summed E-state index contributed by atoms with van der Waals surface area (Å²) in [5.74, 6) is -0.190.